The third-order valence-corrected chi connectivity index (χ3v) is 20.0. The minimum absolute atomic E-state index is 0.0216. The van der Waals surface area contributed by atoms with E-state index in [0.29, 0.717) is 43.2 Å². The topological polar surface area (TPSA) is 298 Å². The lowest BCUT2D eigenvalue weighted by atomic mass is 9.43. The molecule has 4 aliphatic carbocycles. The highest BCUT2D eigenvalue weighted by atomic mass is 16.8. The van der Waals surface area contributed by atoms with E-state index in [-0.39, 0.29) is 37.5 Å². The molecule has 21 nitrogen and oxygen atoms in total. The quantitative estimate of drug-likeness (QED) is 0.0938. The molecule has 4 saturated heterocycles. The zero-order valence-electron chi connectivity index (χ0n) is 47.2. The van der Waals surface area contributed by atoms with E-state index in [9.17, 15) is 50.4 Å². The largest absolute Gasteiger partial charge is 0.459 e. The maximum atomic E-state index is 14.0. The number of hydrogen-bond acceptors (Lipinski definition) is 21. The van der Waals surface area contributed by atoms with Gasteiger partial charge in [0.1, 0.15) is 54.9 Å². The summed E-state index contributed by atoms with van der Waals surface area (Å²) in [6.07, 6.45) is -12.8. The Morgan fingerprint density at radius 3 is 1.84 bits per heavy atom. The Morgan fingerprint density at radius 2 is 1.25 bits per heavy atom. The molecule has 4 aliphatic heterocycles. The van der Waals surface area contributed by atoms with Crippen molar-refractivity contribution in [2.75, 3.05) is 13.7 Å². The molecule has 2 aromatic rings. The number of carbonyl (C=O) groups excluding carboxylic acids is 2. The number of benzene rings is 2. The van der Waals surface area contributed by atoms with Gasteiger partial charge in [0.2, 0.25) is 0 Å². The summed E-state index contributed by atoms with van der Waals surface area (Å²) in [5, 5.41) is 89.3. The van der Waals surface area contributed by atoms with Gasteiger partial charge in [-0.05, 0) is 90.0 Å². The first kappa shape index (κ1) is 60.6. The molecule has 4 heterocycles. The fraction of sp³-hybridized carbons (Fsp3) is 0.733. The molecule has 27 atom stereocenters. The summed E-state index contributed by atoms with van der Waals surface area (Å²) in [6, 6.07) is 17.6. The van der Waals surface area contributed by atoms with Crippen LogP contribution in [-0.2, 0) is 52.1 Å². The maximum absolute atomic E-state index is 14.0. The fourth-order valence-electron chi connectivity index (χ4n) is 15.3. The molecule has 8 N–H and O–H groups in total. The SMILES string of the molecule is CO[C@H]1C[C@H](O[C@H]2CC[C@]3(C)[C@H]4C[C@@H](OC(=O)c5ccccc5)[C@]5(C)[C@@H]([C@@H](C)OC(=O)c6ccccc6)CC[C@]5(O)[C@@H]4C=C[C@@]3(O)C2)O[C@H](C)[C@H]1O[C@H]1C[C@@H](O)[C@H](O[C@H]2C[C@H](O)[C@H](O[C@@H]3O[C@H](CO)[C@@H](O)[C@H](O)[C@H]3O)[C@@H](C)O2)[C@@H](C)O1. The van der Waals surface area contributed by atoms with Crippen molar-refractivity contribution in [3.63, 3.8) is 0 Å². The van der Waals surface area contributed by atoms with E-state index < -0.39 is 169 Å². The van der Waals surface area contributed by atoms with E-state index >= 15 is 0 Å². The summed E-state index contributed by atoms with van der Waals surface area (Å²) in [4.78, 5) is 27.5. The number of carbonyl (C=O) groups is 2. The molecule has 0 radical (unpaired) electrons. The molecule has 21 heteroatoms. The number of hydrogen-bond donors (Lipinski definition) is 8. The predicted molar refractivity (Wildman–Crippen MR) is 283 cm³/mol. The second-order valence-corrected chi connectivity index (χ2v) is 24.6. The van der Waals surface area contributed by atoms with Gasteiger partial charge in [0, 0.05) is 55.5 Å². The van der Waals surface area contributed by atoms with Crippen molar-refractivity contribution >= 4 is 11.9 Å². The Morgan fingerprint density at radius 1 is 0.679 bits per heavy atom. The number of rotatable bonds is 15. The Kier molecular flexibility index (Phi) is 18.0. The number of esters is 2. The van der Waals surface area contributed by atoms with Gasteiger partial charge in [-0.2, -0.15) is 0 Å². The van der Waals surface area contributed by atoms with Crippen molar-refractivity contribution in [2.45, 2.75) is 233 Å². The van der Waals surface area contributed by atoms with Crippen molar-refractivity contribution in [3.8, 4) is 0 Å². The highest BCUT2D eigenvalue weighted by Crippen LogP contribution is 2.69. The zero-order chi connectivity index (χ0) is 57.9. The van der Waals surface area contributed by atoms with E-state index in [1.807, 2.05) is 45.1 Å². The van der Waals surface area contributed by atoms with E-state index in [1.54, 1.807) is 69.5 Å². The zero-order valence-corrected chi connectivity index (χ0v) is 47.2. The fourth-order valence-corrected chi connectivity index (χ4v) is 15.3. The number of ether oxygens (including phenoxy) is 11. The highest BCUT2D eigenvalue weighted by molar-refractivity contribution is 5.90. The van der Waals surface area contributed by atoms with Crippen molar-refractivity contribution in [1.82, 2.24) is 0 Å². The first-order valence-electron chi connectivity index (χ1n) is 29.0. The van der Waals surface area contributed by atoms with Crippen LogP contribution in [0.25, 0.3) is 0 Å². The maximum Gasteiger partial charge on any atom is 0.338 e. The number of methoxy groups -OCH3 is 1. The van der Waals surface area contributed by atoms with Gasteiger partial charge in [-0.3, -0.25) is 0 Å². The molecule has 0 unspecified atom stereocenters. The Labute approximate surface area is 472 Å². The summed E-state index contributed by atoms with van der Waals surface area (Å²) < 4.78 is 68.2. The van der Waals surface area contributed by atoms with Crippen molar-refractivity contribution in [1.29, 1.82) is 0 Å². The van der Waals surface area contributed by atoms with E-state index in [4.69, 9.17) is 52.1 Å². The molecular formula is C60H84O21. The van der Waals surface area contributed by atoms with E-state index in [0.717, 1.165) is 0 Å². The van der Waals surface area contributed by atoms with Gasteiger partial charge < -0.3 is 93.0 Å². The molecule has 0 amide bonds. The van der Waals surface area contributed by atoms with Gasteiger partial charge in [0.25, 0.3) is 0 Å². The Bertz CT molecular complexity index is 2460. The third-order valence-electron chi connectivity index (χ3n) is 20.0. The average Bonchev–Trinajstić information content (AvgIpc) is 1.91. The van der Waals surface area contributed by atoms with Crippen molar-refractivity contribution < 1.29 is 103 Å². The van der Waals surface area contributed by atoms with Crippen LogP contribution < -0.4 is 0 Å². The predicted octanol–water partition coefficient (Wildman–Crippen LogP) is 3.21. The van der Waals surface area contributed by atoms with Crippen molar-refractivity contribution in [2.24, 2.45) is 28.6 Å². The summed E-state index contributed by atoms with van der Waals surface area (Å²) >= 11 is 0. The van der Waals surface area contributed by atoms with Crippen LogP contribution in [0.15, 0.2) is 72.8 Å². The second-order valence-electron chi connectivity index (χ2n) is 24.6. The normalized spacial score (nSPS) is 47.3. The lowest BCUT2D eigenvalue weighted by Crippen LogP contribution is -2.70. The Hall–Kier alpha value is -3.56. The average molecular weight is 1140 g/mol. The van der Waals surface area contributed by atoms with Gasteiger partial charge in [-0.1, -0.05) is 62.4 Å². The van der Waals surface area contributed by atoms with Crippen LogP contribution in [0.2, 0.25) is 0 Å². The van der Waals surface area contributed by atoms with Gasteiger partial charge in [-0.15, -0.1) is 0 Å². The van der Waals surface area contributed by atoms with Gasteiger partial charge in [-0.25, -0.2) is 9.59 Å². The van der Waals surface area contributed by atoms with Crippen LogP contribution in [0.5, 0.6) is 0 Å². The standard InChI is InChI=1S/C60H84O21/c1-30(75-54(67)34-14-10-8-11-15-34)37-20-23-60(70)38-19-22-59(69)28-36(18-21-57(59,5)39(38)24-44(58(37,60)6)78-55(68)35-16-12-9-13-17-35)76-47-27-42(71-7)53(33(4)74-47)80-46-25-40(62)51(31(2)72-46)79-45-26-41(63)52(32(3)73-45)81-56-50(66)49(65)48(64)43(29-61)77-56/h8-17,19,22,30-33,36-53,56,61-66,69-70H,18,20-21,23-29H2,1-7H3/t30-,31-,32-,33-,36+,37-,38-,39+,40-,41+,42+,43-,44-,45+,46+,47+,48-,49+,50-,51-,52-,53-,56+,57-,58+,59-,60+/m1/s1. The third kappa shape index (κ3) is 11.3. The molecule has 2 aromatic carbocycles. The lowest BCUT2D eigenvalue weighted by Gasteiger charge is -2.65. The number of aliphatic hydroxyl groups is 8. The summed E-state index contributed by atoms with van der Waals surface area (Å²) in [6.45, 7) is 10.4. The first-order valence-corrected chi connectivity index (χ1v) is 29.0. The summed E-state index contributed by atoms with van der Waals surface area (Å²) in [5.74, 6) is -2.07. The molecule has 7 fully saturated rings. The minimum atomic E-state index is -1.66. The van der Waals surface area contributed by atoms with Crippen LogP contribution in [0, 0.1) is 28.6 Å². The summed E-state index contributed by atoms with van der Waals surface area (Å²) in [5.41, 5.74) is -3.77. The first-order chi connectivity index (χ1) is 38.5. The molecule has 0 spiro atoms. The molecule has 3 saturated carbocycles. The van der Waals surface area contributed by atoms with Gasteiger partial charge >= 0.3 is 11.9 Å². The highest BCUT2D eigenvalue weighted by Gasteiger charge is 2.73. The van der Waals surface area contributed by atoms with E-state index in [1.165, 1.54) is 0 Å². The summed E-state index contributed by atoms with van der Waals surface area (Å²) in [7, 11) is 1.58. The van der Waals surface area contributed by atoms with Crippen LogP contribution in [0.4, 0.5) is 0 Å². The molecular weight excluding hydrogens is 1060 g/mol. The van der Waals surface area contributed by atoms with Crippen LogP contribution in [0.3, 0.4) is 0 Å². The van der Waals surface area contributed by atoms with E-state index in [2.05, 4.69) is 6.92 Å². The molecule has 8 aliphatic rings. The monoisotopic (exact) mass is 1140 g/mol. The smallest absolute Gasteiger partial charge is 0.338 e. The van der Waals surface area contributed by atoms with Crippen LogP contribution in [-0.4, -0.2) is 201 Å². The second kappa shape index (κ2) is 24.1. The Balaban J connectivity index is 0.757. The van der Waals surface area contributed by atoms with Crippen LogP contribution >= 0.6 is 0 Å². The lowest BCUT2D eigenvalue weighted by molar-refractivity contribution is -0.355. The molecule has 0 bridgehead atoms. The molecule has 81 heavy (non-hydrogen) atoms. The van der Waals surface area contributed by atoms with Crippen molar-refractivity contribution in [3.05, 3.63) is 83.9 Å². The van der Waals surface area contributed by atoms with Gasteiger partial charge in [0.05, 0.1) is 71.7 Å². The van der Waals surface area contributed by atoms with Crippen LogP contribution in [0.1, 0.15) is 120 Å². The molecule has 0 aromatic heterocycles. The molecule has 450 valence electrons. The van der Waals surface area contributed by atoms with Gasteiger partial charge in [0.15, 0.2) is 25.2 Å². The minimum Gasteiger partial charge on any atom is -0.459 e. The number of aliphatic hydroxyl groups excluding tert-OH is 6. The number of fused-ring (bicyclic) bond motifs is 5. The molecule has 10 rings (SSSR count).